The summed E-state index contributed by atoms with van der Waals surface area (Å²) < 4.78 is 50.9. The largest absolute Gasteiger partial charge is 0.454 e. The molecular weight excluding hydrogens is 439 g/mol. The molecule has 2 aromatic carbocycles. The molecule has 0 spiro atoms. The van der Waals surface area contributed by atoms with Crippen LogP contribution in [0.5, 0.6) is 11.5 Å². The molecule has 7 nitrogen and oxygen atoms in total. The number of hydrogen-bond donors (Lipinski definition) is 1. The van der Waals surface area contributed by atoms with Gasteiger partial charge < -0.3 is 25.0 Å². The smallest absolute Gasteiger partial charge is 0.254 e. The van der Waals surface area contributed by atoms with Crippen LogP contribution >= 0.6 is 0 Å². The van der Waals surface area contributed by atoms with Gasteiger partial charge in [0, 0.05) is 50.3 Å². The van der Waals surface area contributed by atoms with Crippen LogP contribution in [0.2, 0.25) is 0 Å². The summed E-state index contributed by atoms with van der Waals surface area (Å²) in [7, 11) is 0. The first-order valence-corrected chi connectivity index (χ1v) is 10.7. The van der Waals surface area contributed by atoms with Crippen LogP contribution in [0.3, 0.4) is 0 Å². The number of halogens is 3. The Balaban J connectivity index is 1.32. The van der Waals surface area contributed by atoms with Gasteiger partial charge in [0.15, 0.2) is 23.1 Å². The highest BCUT2D eigenvalue weighted by Crippen LogP contribution is 2.32. The van der Waals surface area contributed by atoms with E-state index in [1.165, 1.54) is 0 Å². The van der Waals surface area contributed by atoms with Crippen LogP contribution in [0.15, 0.2) is 30.3 Å². The fourth-order valence-corrected chi connectivity index (χ4v) is 4.01. The molecule has 2 aliphatic rings. The predicted octanol–water partition coefficient (Wildman–Crippen LogP) is 2.47. The second-order valence-corrected chi connectivity index (χ2v) is 8.12. The molecule has 10 heteroatoms. The zero-order chi connectivity index (χ0) is 23.5. The predicted molar refractivity (Wildman–Crippen MR) is 112 cm³/mol. The average molecular weight is 463 g/mol. The van der Waals surface area contributed by atoms with Crippen molar-refractivity contribution in [3.8, 4) is 11.5 Å². The van der Waals surface area contributed by atoms with E-state index in [-0.39, 0.29) is 37.0 Å². The summed E-state index contributed by atoms with van der Waals surface area (Å²) in [5.41, 5.74) is 6.39. The lowest BCUT2D eigenvalue weighted by Crippen LogP contribution is -2.40. The summed E-state index contributed by atoms with van der Waals surface area (Å²) in [5, 5.41) is 0. The molecule has 2 N–H and O–H groups in total. The summed E-state index contributed by atoms with van der Waals surface area (Å²) in [6.07, 6.45) is 0.418. The molecule has 0 unspecified atom stereocenters. The van der Waals surface area contributed by atoms with Gasteiger partial charge in [-0.1, -0.05) is 0 Å². The van der Waals surface area contributed by atoms with Gasteiger partial charge in [-0.25, -0.2) is 13.2 Å². The molecular formula is C23H24F3N3O4. The van der Waals surface area contributed by atoms with E-state index in [0.29, 0.717) is 55.7 Å². The average Bonchev–Trinajstić information content (AvgIpc) is 3.11. The Labute approximate surface area is 188 Å². The summed E-state index contributed by atoms with van der Waals surface area (Å²) in [4.78, 5) is 28.9. The van der Waals surface area contributed by atoms with Gasteiger partial charge in [0.05, 0.1) is 0 Å². The zero-order valence-electron chi connectivity index (χ0n) is 17.9. The fraction of sp³-hybridized carbons (Fsp3) is 0.391. The van der Waals surface area contributed by atoms with Gasteiger partial charge in [-0.05, 0) is 42.7 Å². The number of carbonyl (C=O) groups excluding carboxylic acids is 2. The van der Waals surface area contributed by atoms with Crippen LogP contribution in [-0.4, -0.2) is 60.6 Å². The maximum absolute atomic E-state index is 13.9. The van der Waals surface area contributed by atoms with Crippen molar-refractivity contribution in [1.82, 2.24) is 9.80 Å². The first-order chi connectivity index (χ1) is 15.8. The van der Waals surface area contributed by atoms with E-state index < -0.39 is 23.5 Å². The fourth-order valence-electron chi connectivity index (χ4n) is 4.01. The van der Waals surface area contributed by atoms with Gasteiger partial charge in [-0.3, -0.25) is 9.59 Å². The summed E-state index contributed by atoms with van der Waals surface area (Å²) in [5.74, 6) is -2.60. The molecule has 0 bridgehead atoms. The van der Waals surface area contributed by atoms with Crippen LogP contribution in [-0.2, 0) is 11.2 Å². The lowest BCUT2D eigenvalue weighted by Gasteiger charge is -2.23. The third kappa shape index (κ3) is 5.22. The zero-order valence-corrected chi connectivity index (χ0v) is 17.9. The van der Waals surface area contributed by atoms with Crippen molar-refractivity contribution in [2.45, 2.75) is 25.3 Å². The number of ether oxygens (including phenoxy) is 2. The Bertz CT molecular complexity index is 1070. The first kappa shape index (κ1) is 22.9. The van der Waals surface area contributed by atoms with E-state index in [1.54, 1.807) is 28.0 Å². The van der Waals surface area contributed by atoms with E-state index in [1.807, 2.05) is 0 Å². The Hall–Kier alpha value is -3.27. The van der Waals surface area contributed by atoms with Crippen molar-refractivity contribution in [1.29, 1.82) is 0 Å². The summed E-state index contributed by atoms with van der Waals surface area (Å²) in [6.45, 7) is 1.76. The first-order valence-electron chi connectivity index (χ1n) is 10.7. The molecule has 2 amide bonds. The molecule has 0 saturated carbocycles. The molecule has 2 heterocycles. The van der Waals surface area contributed by atoms with Crippen molar-refractivity contribution in [3.05, 3.63) is 58.9 Å². The quantitative estimate of drug-likeness (QED) is 0.689. The molecule has 0 aromatic heterocycles. The van der Waals surface area contributed by atoms with Gasteiger partial charge in [-0.15, -0.1) is 0 Å². The van der Waals surface area contributed by atoms with E-state index in [0.717, 1.165) is 6.07 Å². The second-order valence-electron chi connectivity index (χ2n) is 8.12. The minimum absolute atomic E-state index is 0.0749. The molecule has 2 aromatic rings. The van der Waals surface area contributed by atoms with Crippen molar-refractivity contribution < 1.29 is 32.2 Å². The number of carbonyl (C=O) groups is 2. The summed E-state index contributed by atoms with van der Waals surface area (Å²) in [6, 6.07) is 5.50. The SMILES string of the molecule is N[C@@H](CC(=O)N1CCCN(C(=O)c2ccc3c(c2)OCO3)CC1)Cc1cc(F)c(F)cc1F. The lowest BCUT2D eigenvalue weighted by molar-refractivity contribution is -0.131. The molecule has 0 aliphatic carbocycles. The normalized spacial score (nSPS) is 16.5. The number of rotatable bonds is 5. The number of nitrogens with two attached hydrogens (primary N) is 1. The number of fused-ring (bicyclic) bond motifs is 1. The van der Waals surface area contributed by atoms with Crippen LogP contribution < -0.4 is 15.2 Å². The third-order valence-corrected chi connectivity index (χ3v) is 5.76. The van der Waals surface area contributed by atoms with E-state index in [9.17, 15) is 22.8 Å². The minimum atomic E-state index is -1.27. The van der Waals surface area contributed by atoms with Gasteiger partial charge in [0.1, 0.15) is 5.82 Å². The highest BCUT2D eigenvalue weighted by atomic mass is 19.2. The monoisotopic (exact) mass is 463 g/mol. The van der Waals surface area contributed by atoms with Crippen LogP contribution in [0.1, 0.15) is 28.8 Å². The number of hydrogen-bond acceptors (Lipinski definition) is 5. The Morgan fingerprint density at radius 3 is 2.42 bits per heavy atom. The topological polar surface area (TPSA) is 85.1 Å². The van der Waals surface area contributed by atoms with Gasteiger partial charge in [0.2, 0.25) is 12.7 Å². The Morgan fingerprint density at radius 2 is 1.61 bits per heavy atom. The molecule has 1 atom stereocenters. The highest BCUT2D eigenvalue weighted by Gasteiger charge is 2.25. The van der Waals surface area contributed by atoms with Crippen LogP contribution in [0, 0.1) is 17.5 Å². The Morgan fingerprint density at radius 1 is 0.909 bits per heavy atom. The minimum Gasteiger partial charge on any atom is -0.454 e. The molecule has 176 valence electrons. The van der Waals surface area contributed by atoms with Crippen molar-refractivity contribution in [3.63, 3.8) is 0 Å². The van der Waals surface area contributed by atoms with E-state index >= 15 is 0 Å². The standard InChI is InChI=1S/C23H24F3N3O4/c24-17-12-19(26)18(25)9-15(17)8-16(27)11-22(30)28-4-1-5-29(7-6-28)23(31)14-2-3-20-21(10-14)33-13-32-20/h2-3,9-10,12,16H,1,4-8,11,13,27H2/t16-/m1/s1. The Kier molecular flexibility index (Phi) is 6.73. The summed E-state index contributed by atoms with van der Waals surface area (Å²) >= 11 is 0. The maximum Gasteiger partial charge on any atom is 0.254 e. The van der Waals surface area contributed by atoms with Crippen LogP contribution in [0.4, 0.5) is 13.2 Å². The molecule has 0 radical (unpaired) electrons. The molecule has 33 heavy (non-hydrogen) atoms. The van der Waals surface area contributed by atoms with Gasteiger partial charge in [0.25, 0.3) is 5.91 Å². The molecule has 2 aliphatic heterocycles. The number of benzene rings is 2. The van der Waals surface area contributed by atoms with Crippen molar-refractivity contribution >= 4 is 11.8 Å². The molecule has 1 fully saturated rings. The van der Waals surface area contributed by atoms with Gasteiger partial charge in [-0.2, -0.15) is 0 Å². The van der Waals surface area contributed by atoms with E-state index in [2.05, 4.69) is 0 Å². The van der Waals surface area contributed by atoms with Gasteiger partial charge >= 0.3 is 0 Å². The van der Waals surface area contributed by atoms with Crippen LogP contribution in [0.25, 0.3) is 0 Å². The molecule has 1 saturated heterocycles. The highest BCUT2D eigenvalue weighted by molar-refractivity contribution is 5.95. The maximum atomic E-state index is 13.9. The van der Waals surface area contributed by atoms with E-state index in [4.69, 9.17) is 15.2 Å². The van der Waals surface area contributed by atoms with Crippen molar-refractivity contribution in [2.75, 3.05) is 33.0 Å². The second kappa shape index (κ2) is 9.70. The molecule has 4 rings (SSSR count). The lowest BCUT2D eigenvalue weighted by atomic mass is 10.0. The number of nitrogens with zero attached hydrogens (tertiary/aromatic N) is 2. The van der Waals surface area contributed by atoms with Crippen molar-refractivity contribution in [2.24, 2.45) is 5.73 Å². The third-order valence-electron chi connectivity index (χ3n) is 5.76. The number of amides is 2.